The zero-order chi connectivity index (χ0) is 27.6. The predicted molar refractivity (Wildman–Crippen MR) is 138 cm³/mol. The van der Waals surface area contributed by atoms with E-state index < -0.39 is 61.1 Å². The molecule has 0 saturated carbocycles. The highest BCUT2D eigenvalue weighted by Gasteiger charge is 2.46. The number of nitrogen functional groups attached to an aromatic ring is 1. The summed E-state index contributed by atoms with van der Waals surface area (Å²) < 4.78 is 51.6. The molecule has 1 aromatic carbocycles. The summed E-state index contributed by atoms with van der Waals surface area (Å²) in [7, 11) is -4.30. The van der Waals surface area contributed by atoms with Gasteiger partial charge in [0.15, 0.2) is 6.17 Å². The smallest absolute Gasteiger partial charge is 0.459 e. The molecule has 1 fully saturated rings. The van der Waals surface area contributed by atoms with E-state index in [-0.39, 0.29) is 11.6 Å². The number of aliphatic hydroxyl groups is 1. The van der Waals surface area contributed by atoms with Gasteiger partial charge in [0.2, 0.25) is 0 Å². The highest BCUT2D eigenvalue weighted by atomic mass is 32.2. The molecule has 1 saturated heterocycles. The highest BCUT2D eigenvalue weighted by molar-refractivity contribution is 8.00. The van der Waals surface area contributed by atoms with E-state index >= 15 is 0 Å². The van der Waals surface area contributed by atoms with Crippen molar-refractivity contribution in [2.75, 3.05) is 12.3 Å². The number of esters is 1. The van der Waals surface area contributed by atoms with Gasteiger partial charge in [-0.05, 0) is 45.0 Å². The molecule has 0 aliphatic carbocycles. The van der Waals surface area contributed by atoms with Gasteiger partial charge < -0.3 is 24.5 Å². The quantitative estimate of drug-likeness (QED) is 0.241. The molecule has 15 heteroatoms. The Labute approximate surface area is 221 Å². The standard InChI is InChI=1S/C23H28FN4O8PS/c1-12(2)35-22(30)13(3)27-37(32,36-15-5-4-14-7-9-33-16(14)10-15)34-11-17-20(29)19(24)21(38-17)28-8-6-18(25)26-23(28)31/h4-10,12-13,17,19-21,29H,11H2,1-3H3,(H,27,32)(H2,25,26,31)/t13-,17+,19-,20+,21+,37-/m0/s1. The molecule has 0 unspecified atom stereocenters. The number of hydrogen-bond acceptors (Lipinski definition) is 11. The van der Waals surface area contributed by atoms with Gasteiger partial charge in [-0.3, -0.25) is 13.9 Å². The zero-order valence-corrected chi connectivity index (χ0v) is 22.4. The number of carbonyl (C=O) groups is 1. The van der Waals surface area contributed by atoms with Crippen LogP contribution in [-0.2, 0) is 18.6 Å². The van der Waals surface area contributed by atoms with Gasteiger partial charge in [0.05, 0.1) is 24.2 Å². The molecular weight excluding hydrogens is 542 g/mol. The third-order valence-corrected chi connectivity index (χ3v) is 8.71. The first-order valence-corrected chi connectivity index (χ1v) is 14.2. The molecule has 4 N–H and O–H groups in total. The van der Waals surface area contributed by atoms with Crippen LogP contribution >= 0.6 is 19.5 Å². The van der Waals surface area contributed by atoms with Crippen LogP contribution in [0.5, 0.6) is 5.75 Å². The third kappa shape index (κ3) is 6.38. The lowest BCUT2D eigenvalue weighted by Crippen LogP contribution is -2.37. The molecule has 0 spiro atoms. The average Bonchev–Trinajstić information content (AvgIpc) is 3.42. The topological polar surface area (TPSA) is 168 Å². The number of rotatable bonds is 10. The number of furan rings is 1. The summed E-state index contributed by atoms with van der Waals surface area (Å²) in [5.74, 6) is -0.594. The number of aliphatic hydroxyl groups excluding tert-OH is 1. The van der Waals surface area contributed by atoms with Gasteiger partial charge in [-0.25, -0.2) is 13.8 Å². The average molecular weight is 571 g/mol. The van der Waals surface area contributed by atoms with Crippen LogP contribution in [-0.4, -0.2) is 56.9 Å². The van der Waals surface area contributed by atoms with E-state index in [0.717, 1.165) is 21.7 Å². The van der Waals surface area contributed by atoms with Crippen LogP contribution in [0.3, 0.4) is 0 Å². The maximum atomic E-state index is 15.0. The minimum atomic E-state index is -4.30. The van der Waals surface area contributed by atoms with Crippen molar-refractivity contribution in [1.82, 2.24) is 14.6 Å². The number of carbonyl (C=O) groups excluding carboxylic acids is 1. The molecule has 0 amide bonds. The summed E-state index contributed by atoms with van der Waals surface area (Å²) in [6, 6.07) is 6.70. The van der Waals surface area contributed by atoms with Crippen LogP contribution in [0.4, 0.5) is 10.2 Å². The number of alkyl halides is 1. The normalized spacial score (nSPS) is 23.8. The summed E-state index contributed by atoms with van der Waals surface area (Å²) in [4.78, 5) is 28.1. The van der Waals surface area contributed by atoms with Gasteiger partial charge in [-0.15, -0.1) is 11.8 Å². The first kappa shape index (κ1) is 28.1. The number of thioether (sulfide) groups is 1. The Morgan fingerprint density at radius 3 is 2.82 bits per heavy atom. The summed E-state index contributed by atoms with van der Waals surface area (Å²) in [6.45, 7) is 4.31. The third-order valence-electron chi connectivity index (χ3n) is 5.54. The zero-order valence-electron chi connectivity index (χ0n) is 20.7. The number of nitrogens with two attached hydrogens (primary N) is 1. The lowest BCUT2D eigenvalue weighted by atomic mass is 10.1. The summed E-state index contributed by atoms with van der Waals surface area (Å²) in [5, 5.41) is 11.8. The van der Waals surface area contributed by atoms with E-state index in [9.17, 15) is 23.7 Å². The van der Waals surface area contributed by atoms with E-state index in [1.54, 1.807) is 32.0 Å². The number of nitrogens with one attached hydrogen (secondary N) is 1. The minimum absolute atomic E-state index is 0.0212. The Bertz CT molecular complexity index is 1400. The second-order valence-electron chi connectivity index (χ2n) is 8.88. The highest BCUT2D eigenvalue weighted by Crippen LogP contribution is 2.49. The van der Waals surface area contributed by atoms with Crippen molar-refractivity contribution in [3.8, 4) is 5.75 Å². The van der Waals surface area contributed by atoms with Crippen molar-refractivity contribution < 1.29 is 37.1 Å². The molecule has 206 valence electrons. The van der Waals surface area contributed by atoms with Gasteiger partial charge in [0.1, 0.15) is 34.7 Å². The van der Waals surface area contributed by atoms with Crippen molar-refractivity contribution >= 4 is 42.3 Å². The van der Waals surface area contributed by atoms with E-state index in [2.05, 4.69) is 10.1 Å². The Morgan fingerprint density at radius 2 is 2.11 bits per heavy atom. The van der Waals surface area contributed by atoms with Crippen LogP contribution in [0.2, 0.25) is 0 Å². The Morgan fingerprint density at radius 1 is 1.34 bits per heavy atom. The van der Waals surface area contributed by atoms with Crippen LogP contribution in [0.1, 0.15) is 26.1 Å². The molecule has 6 atom stereocenters. The lowest BCUT2D eigenvalue weighted by Gasteiger charge is -2.25. The molecule has 3 aromatic rings. The number of fused-ring (bicyclic) bond motifs is 1. The number of benzene rings is 1. The maximum Gasteiger partial charge on any atom is 0.459 e. The first-order chi connectivity index (χ1) is 18.0. The number of aromatic nitrogens is 2. The van der Waals surface area contributed by atoms with Gasteiger partial charge in [-0.1, -0.05) is 0 Å². The fourth-order valence-electron chi connectivity index (χ4n) is 3.70. The molecule has 12 nitrogen and oxygen atoms in total. The van der Waals surface area contributed by atoms with E-state index in [4.69, 9.17) is 23.9 Å². The second-order valence-corrected chi connectivity index (χ2v) is 11.9. The number of hydrogen-bond donors (Lipinski definition) is 3. The molecule has 1 aliphatic heterocycles. The van der Waals surface area contributed by atoms with E-state index in [1.165, 1.54) is 31.5 Å². The van der Waals surface area contributed by atoms with Crippen molar-refractivity contribution in [3.63, 3.8) is 0 Å². The number of halogens is 1. The van der Waals surface area contributed by atoms with Crippen LogP contribution < -0.4 is 21.0 Å². The largest absolute Gasteiger partial charge is 0.464 e. The maximum absolute atomic E-state index is 15.0. The molecule has 0 radical (unpaired) electrons. The van der Waals surface area contributed by atoms with Gasteiger partial charge in [-0.2, -0.15) is 10.1 Å². The van der Waals surface area contributed by atoms with Gasteiger partial charge >= 0.3 is 19.4 Å². The Kier molecular flexibility index (Phi) is 8.48. The lowest BCUT2D eigenvalue weighted by molar-refractivity contribution is -0.149. The molecule has 2 aromatic heterocycles. The van der Waals surface area contributed by atoms with Gasteiger partial charge in [0, 0.05) is 17.6 Å². The summed E-state index contributed by atoms with van der Waals surface area (Å²) >= 11 is 0.905. The van der Waals surface area contributed by atoms with Crippen LogP contribution in [0.15, 0.2) is 52.0 Å². The molecule has 0 bridgehead atoms. The number of anilines is 1. The van der Waals surface area contributed by atoms with Crippen LogP contribution in [0, 0.1) is 0 Å². The van der Waals surface area contributed by atoms with Crippen molar-refractivity contribution in [1.29, 1.82) is 0 Å². The van der Waals surface area contributed by atoms with Crippen molar-refractivity contribution in [2.24, 2.45) is 0 Å². The van der Waals surface area contributed by atoms with Crippen LogP contribution in [0.25, 0.3) is 11.0 Å². The second kappa shape index (κ2) is 11.5. The molecular formula is C23H28FN4O8PS. The van der Waals surface area contributed by atoms with Crippen molar-refractivity contribution in [3.05, 3.63) is 53.3 Å². The predicted octanol–water partition coefficient (Wildman–Crippen LogP) is 3.02. The fraction of sp³-hybridized carbons (Fsp3) is 0.435. The fourth-order valence-corrected chi connectivity index (χ4v) is 6.73. The summed E-state index contributed by atoms with van der Waals surface area (Å²) in [5.41, 5.74) is 5.19. The van der Waals surface area contributed by atoms with E-state index in [1.807, 2.05) is 0 Å². The van der Waals surface area contributed by atoms with Gasteiger partial charge in [0.25, 0.3) is 0 Å². The SMILES string of the molecule is CC(C)OC(=O)[C@H](C)N[P@](=O)(OC[C@H]1S[C@@H](n2ccc(N)nc2=O)[C@@H](F)[C@@H]1O)Oc1ccc2ccoc2c1. The Balaban J connectivity index is 1.52. The van der Waals surface area contributed by atoms with Crippen molar-refractivity contribution in [2.45, 2.75) is 55.8 Å². The summed E-state index contributed by atoms with van der Waals surface area (Å²) in [6.07, 6.45) is -1.06. The Hall–Kier alpha value is -2.90. The number of ether oxygens (including phenoxy) is 1. The first-order valence-electron chi connectivity index (χ1n) is 11.7. The van der Waals surface area contributed by atoms with E-state index in [0.29, 0.717) is 5.58 Å². The number of nitrogens with zero attached hydrogens (tertiary/aromatic N) is 2. The monoisotopic (exact) mass is 570 g/mol. The molecule has 3 heterocycles. The molecule has 4 rings (SSSR count). The molecule has 38 heavy (non-hydrogen) atoms. The molecule has 1 aliphatic rings. The minimum Gasteiger partial charge on any atom is -0.464 e.